The van der Waals surface area contributed by atoms with Gasteiger partial charge in [-0.1, -0.05) is 19.4 Å². The Labute approximate surface area is 194 Å². The lowest BCUT2D eigenvalue weighted by molar-refractivity contribution is -0.113. The second-order valence-corrected chi connectivity index (χ2v) is 9.95. The largest absolute Gasteiger partial charge is 0.369 e. The van der Waals surface area contributed by atoms with Gasteiger partial charge in [0.15, 0.2) is 11.4 Å². The van der Waals surface area contributed by atoms with E-state index in [1.165, 1.54) is 37.1 Å². The number of anilines is 1. The average molecular weight is 442 g/mol. The van der Waals surface area contributed by atoms with Crippen molar-refractivity contribution in [2.45, 2.75) is 51.5 Å². The van der Waals surface area contributed by atoms with Crippen LogP contribution < -0.4 is 4.90 Å². The van der Waals surface area contributed by atoms with Gasteiger partial charge in [0, 0.05) is 55.8 Å². The van der Waals surface area contributed by atoms with Gasteiger partial charge in [-0.2, -0.15) is 0 Å². The molecule has 6 heteroatoms. The predicted octanol–water partition coefficient (Wildman–Crippen LogP) is 4.33. The van der Waals surface area contributed by atoms with Crippen molar-refractivity contribution >= 4 is 28.8 Å². The third kappa shape index (κ3) is 3.76. The van der Waals surface area contributed by atoms with E-state index < -0.39 is 0 Å². The summed E-state index contributed by atoms with van der Waals surface area (Å²) in [5, 5.41) is 0. The zero-order valence-electron chi connectivity index (χ0n) is 19.5. The molecule has 3 aromatic rings. The monoisotopic (exact) mass is 441 g/mol. The van der Waals surface area contributed by atoms with E-state index >= 15 is 0 Å². The van der Waals surface area contributed by atoms with Crippen LogP contribution in [0, 0.1) is 6.92 Å². The number of allylic oxidation sites excluding steroid dienone is 1. The molecule has 2 atom stereocenters. The average Bonchev–Trinajstić information content (AvgIpc) is 3.19. The Morgan fingerprint density at radius 2 is 2.00 bits per heavy atom. The van der Waals surface area contributed by atoms with Crippen molar-refractivity contribution in [1.29, 1.82) is 0 Å². The number of fused-ring (bicyclic) bond motifs is 3. The van der Waals surface area contributed by atoms with Crippen LogP contribution in [-0.4, -0.2) is 57.3 Å². The molecule has 0 saturated carbocycles. The number of carbonyl (C=O) groups excluding carboxylic acids is 1. The Hall–Kier alpha value is -2.99. The Kier molecular flexibility index (Phi) is 5.06. The van der Waals surface area contributed by atoms with Gasteiger partial charge in [-0.3, -0.25) is 14.7 Å². The van der Waals surface area contributed by atoms with Crippen LogP contribution in [0.15, 0.2) is 36.8 Å². The van der Waals surface area contributed by atoms with Crippen molar-refractivity contribution in [3.63, 3.8) is 0 Å². The number of aromatic nitrogens is 3. The molecule has 1 aliphatic carbocycles. The van der Waals surface area contributed by atoms with E-state index in [9.17, 15) is 4.79 Å². The first kappa shape index (κ1) is 20.6. The molecule has 0 bridgehead atoms. The molecule has 0 radical (unpaired) electrons. The molecule has 3 aliphatic rings. The minimum Gasteiger partial charge on any atom is -0.369 e. The molecule has 2 aliphatic heterocycles. The lowest BCUT2D eigenvalue weighted by Crippen LogP contribution is -2.54. The van der Waals surface area contributed by atoms with Gasteiger partial charge in [0.1, 0.15) is 0 Å². The van der Waals surface area contributed by atoms with Crippen LogP contribution in [0.5, 0.6) is 0 Å². The van der Waals surface area contributed by atoms with Gasteiger partial charge >= 0.3 is 0 Å². The summed E-state index contributed by atoms with van der Waals surface area (Å²) in [5.41, 5.74) is 6.81. The van der Waals surface area contributed by atoms with E-state index in [2.05, 4.69) is 39.9 Å². The third-order valence-corrected chi connectivity index (χ3v) is 7.64. The van der Waals surface area contributed by atoms with Crippen molar-refractivity contribution in [3.05, 3.63) is 59.3 Å². The van der Waals surface area contributed by atoms with Gasteiger partial charge < -0.3 is 9.30 Å². The fourth-order valence-electron chi connectivity index (χ4n) is 5.79. The number of hydrogen-bond acceptors (Lipinski definition) is 5. The number of rotatable bonds is 2. The molecule has 33 heavy (non-hydrogen) atoms. The molecule has 6 nitrogen and oxygen atoms in total. The van der Waals surface area contributed by atoms with Gasteiger partial charge in [0.05, 0.1) is 17.6 Å². The normalized spacial score (nSPS) is 23.8. The van der Waals surface area contributed by atoms with Gasteiger partial charge in [-0.15, -0.1) is 0 Å². The second kappa shape index (κ2) is 8.10. The molecule has 2 unspecified atom stereocenters. The lowest BCUT2D eigenvalue weighted by Gasteiger charge is -2.45. The summed E-state index contributed by atoms with van der Waals surface area (Å²) in [7, 11) is 0. The Balaban J connectivity index is 1.34. The van der Waals surface area contributed by atoms with E-state index in [-0.39, 0.29) is 11.7 Å². The van der Waals surface area contributed by atoms with Gasteiger partial charge in [-0.05, 0) is 61.6 Å². The van der Waals surface area contributed by atoms with Crippen LogP contribution in [0.25, 0.3) is 17.3 Å². The highest BCUT2D eigenvalue weighted by atomic mass is 16.1. The predicted molar refractivity (Wildman–Crippen MR) is 132 cm³/mol. The molecule has 2 fully saturated rings. The van der Waals surface area contributed by atoms with Crippen LogP contribution in [0.1, 0.15) is 61.0 Å². The molecule has 6 rings (SSSR count). The van der Waals surface area contributed by atoms with Crippen LogP contribution in [0.4, 0.5) is 5.69 Å². The Bertz CT molecular complexity index is 1260. The highest BCUT2D eigenvalue weighted by Gasteiger charge is 2.30. The SMILES string of the molecule is Cc1cn2cc(C3=Cc4ccc(N5CCN6CCCCC6C5)cc4C(C)CC3=O)nc2cn1. The number of aryl methyl sites for hydroxylation is 1. The summed E-state index contributed by atoms with van der Waals surface area (Å²) >= 11 is 0. The Morgan fingerprint density at radius 1 is 1.09 bits per heavy atom. The number of hydrogen-bond donors (Lipinski definition) is 0. The van der Waals surface area contributed by atoms with E-state index in [4.69, 9.17) is 4.98 Å². The highest BCUT2D eigenvalue weighted by Crippen LogP contribution is 2.36. The molecular formula is C27H31N5O. The Morgan fingerprint density at radius 3 is 2.91 bits per heavy atom. The van der Waals surface area contributed by atoms with Gasteiger partial charge in [0.2, 0.25) is 0 Å². The number of piperazine rings is 1. The molecular weight excluding hydrogens is 410 g/mol. The van der Waals surface area contributed by atoms with E-state index in [0.717, 1.165) is 42.2 Å². The van der Waals surface area contributed by atoms with Crippen molar-refractivity contribution < 1.29 is 4.79 Å². The number of nitrogens with zero attached hydrogens (tertiary/aromatic N) is 5. The number of benzene rings is 1. The summed E-state index contributed by atoms with van der Waals surface area (Å²) in [6.45, 7) is 8.74. The first-order valence-corrected chi connectivity index (χ1v) is 12.2. The minimum absolute atomic E-state index is 0.157. The third-order valence-electron chi connectivity index (χ3n) is 7.64. The number of imidazole rings is 1. The molecule has 0 amide bonds. The summed E-state index contributed by atoms with van der Waals surface area (Å²) < 4.78 is 1.95. The molecule has 4 heterocycles. The van der Waals surface area contributed by atoms with Crippen molar-refractivity contribution in [1.82, 2.24) is 19.3 Å². The number of ketones is 1. The maximum absolute atomic E-state index is 13.2. The molecule has 1 aromatic carbocycles. The standard InChI is InChI=1S/C27H31N5O/c1-18-11-26(33)24(25-17-32-15-19(2)28-14-27(32)29-25)12-20-6-7-21(13-23(18)20)31-10-9-30-8-4-3-5-22(30)16-31/h6-7,12-15,17-18,22H,3-5,8-11,16H2,1-2H3. The van der Waals surface area contributed by atoms with Crippen molar-refractivity contribution in [3.8, 4) is 0 Å². The second-order valence-electron chi connectivity index (χ2n) is 9.95. The summed E-state index contributed by atoms with van der Waals surface area (Å²) in [4.78, 5) is 27.5. The molecule has 170 valence electrons. The number of Topliss-reactive ketones (excluding diaryl/α,β-unsaturated/α-hetero) is 1. The van der Waals surface area contributed by atoms with Gasteiger partial charge in [0.25, 0.3) is 0 Å². The first-order valence-electron chi connectivity index (χ1n) is 12.2. The molecule has 2 saturated heterocycles. The summed E-state index contributed by atoms with van der Waals surface area (Å²) in [6.07, 6.45) is 12.2. The summed E-state index contributed by atoms with van der Waals surface area (Å²) in [5.74, 6) is 0.335. The maximum Gasteiger partial charge on any atom is 0.165 e. The molecule has 0 spiro atoms. The topological polar surface area (TPSA) is 53.7 Å². The van der Waals surface area contributed by atoms with Crippen LogP contribution in [0.3, 0.4) is 0 Å². The van der Waals surface area contributed by atoms with Crippen molar-refractivity contribution in [2.75, 3.05) is 31.1 Å². The summed E-state index contributed by atoms with van der Waals surface area (Å²) in [6, 6.07) is 7.46. The molecule has 2 aromatic heterocycles. The fraction of sp³-hybridized carbons (Fsp3) is 0.444. The smallest absolute Gasteiger partial charge is 0.165 e. The lowest BCUT2D eigenvalue weighted by atomic mass is 9.92. The van der Waals surface area contributed by atoms with E-state index in [1.807, 2.05) is 29.8 Å². The van der Waals surface area contributed by atoms with Crippen molar-refractivity contribution in [2.24, 2.45) is 0 Å². The first-order chi connectivity index (χ1) is 16.0. The molecule has 0 N–H and O–H groups in total. The zero-order valence-corrected chi connectivity index (χ0v) is 19.5. The van der Waals surface area contributed by atoms with E-state index in [1.54, 1.807) is 6.20 Å². The van der Waals surface area contributed by atoms with Crippen LogP contribution in [-0.2, 0) is 4.79 Å². The maximum atomic E-state index is 13.2. The van der Waals surface area contributed by atoms with Crippen LogP contribution in [0.2, 0.25) is 0 Å². The highest BCUT2D eigenvalue weighted by molar-refractivity contribution is 6.25. The fourth-order valence-corrected chi connectivity index (χ4v) is 5.79. The minimum atomic E-state index is 0.157. The van der Waals surface area contributed by atoms with Crippen LogP contribution >= 0.6 is 0 Å². The van der Waals surface area contributed by atoms with Gasteiger partial charge in [-0.25, -0.2) is 4.98 Å². The quantitative estimate of drug-likeness (QED) is 0.593. The van der Waals surface area contributed by atoms with E-state index in [0.29, 0.717) is 18.0 Å². The zero-order chi connectivity index (χ0) is 22.5. The number of piperidine rings is 1. The number of carbonyl (C=O) groups is 1.